The normalized spacial score (nSPS) is 11.6. The standard InChI is InChI=1S/C72H49N5/c1-6-23-50(24-7-1)51-25-22-34-56(45-51)77-67-40-21-18-37-64(67)72-70(74(52-26-8-2-9-27-52)53-28-10-3-11-29-53)48-59(49-71(72)77)73(57-41-43-62-60-35-16-19-38-65(60)75(68(62)46-57)54-30-12-4-13-31-54)58-42-44-63-61-36-17-20-39-66(61)76(69(63)47-58)55-32-14-5-15-33-55/h1-49H. The number of aromatic nitrogens is 3. The molecule has 0 N–H and O–H groups in total. The van der Waals surface area contributed by atoms with Crippen molar-refractivity contribution in [2.75, 3.05) is 9.80 Å². The quantitative estimate of drug-likeness (QED) is 0.136. The van der Waals surface area contributed by atoms with E-state index in [0.29, 0.717) is 0 Å². The lowest BCUT2D eigenvalue weighted by Gasteiger charge is -2.30. The SMILES string of the molecule is c1ccc(-c2cccc(-n3c4ccccc4c4c(N(c5ccccc5)c5ccccc5)cc(N(c5ccc6c7ccccc7n(-c7ccccc7)c6c5)c5ccc6c7ccccc7n(-c7ccccc7)c6c5)cc43)c2)cc1. The van der Waals surface area contributed by atoms with Gasteiger partial charge in [-0.15, -0.1) is 0 Å². The molecule has 3 heterocycles. The van der Waals surface area contributed by atoms with Gasteiger partial charge in [0.05, 0.1) is 44.5 Å². The number of hydrogen-bond acceptors (Lipinski definition) is 2. The second-order valence-electron chi connectivity index (χ2n) is 19.7. The van der Waals surface area contributed by atoms with E-state index in [2.05, 4.69) is 321 Å². The van der Waals surface area contributed by atoms with Crippen molar-refractivity contribution in [3.8, 4) is 28.2 Å². The Labute approximate surface area is 446 Å². The van der Waals surface area contributed by atoms with Crippen molar-refractivity contribution >= 4 is 99.5 Å². The molecular formula is C72H49N5. The van der Waals surface area contributed by atoms with Crippen LogP contribution in [0.2, 0.25) is 0 Å². The molecule has 0 saturated heterocycles. The molecule has 15 rings (SSSR count). The Morgan fingerprint density at radius 1 is 0.208 bits per heavy atom. The van der Waals surface area contributed by atoms with Crippen molar-refractivity contribution in [3.05, 3.63) is 297 Å². The van der Waals surface area contributed by atoms with Crippen molar-refractivity contribution in [2.24, 2.45) is 0 Å². The summed E-state index contributed by atoms with van der Waals surface area (Å²) in [5, 5.41) is 7.14. The number of para-hydroxylation sites is 7. The summed E-state index contributed by atoms with van der Waals surface area (Å²) in [6, 6.07) is 108. The van der Waals surface area contributed by atoms with Gasteiger partial charge in [0.25, 0.3) is 0 Å². The van der Waals surface area contributed by atoms with Crippen molar-refractivity contribution in [2.45, 2.75) is 0 Å². The molecule has 0 radical (unpaired) electrons. The molecule has 0 spiro atoms. The molecule has 0 atom stereocenters. The fourth-order valence-electron chi connectivity index (χ4n) is 12.0. The van der Waals surface area contributed by atoms with Crippen LogP contribution in [0.15, 0.2) is 297 Å². The lowest BCUT2D eigenvalue weighted by Crippen LogP contribution is -2.14. The van der Waals surface area contributed by atoms with Gasteiger partial charge in [-0.05, 0) is 126 Å². The van der Waals surface area contributed by atoms with E-state index in [9.17, 15) is 0 Å². The zero-order valence-electron chi connectivity index (χ0n) is 42.0. The summed E-state index contributed by atoms with van der Waals surface area (Å²) in [6.07, 6.45) is 0. The molecule has 15 aromatic rings. The number of rotatable bonds is 10. The first-order valence-corrected chi connectivity index (χ1v) is 26.3. The third kappa shape index (κ3) is 7.31. The van der Waals surface area contributed by atoms with Crippen LogP contribution in [0.25, 0.3) is 93.6 Å². The van der Waals surface area contributed by atoms with Gasteiger partial charge in [0, 0.05) is 72.1 Å². The van der Waals surface area contributed by atoms with Crippen LogP contribution in [-0.4, -0.2) is 13.7 Å². The van der Waals surface area contributed by atoms with Crippen molar-refractivity contribution < 1.29 is 0 Å². The molecule has 0 bridgehead atoms. The maximum atomic E-state index is 2.48. The highest BCUT2D eigenvalue weighted by Crippen LogP contribution is 2.50. The van der Waals surface area contributed by atoms with Gasteiger partial charge in [-0.3, -0.25) is 0 Å². The Bertz CT molecular complexity index is 4480. The van der Waals surface area contributed by atoms with Gasteiger partial charge in [-0.25, -0.2) is 0 Å². The summed E-state index contributed by atoms with van der Waals surface area (Å²) in [6.45, 7) is 0. The molecule has 0 fully saturated rings. The van der Waals surface area contributed by atoms with E-state index in [0.717, 1.165) is 84.2 Å². The van der Waals surface area contributed by atoms with Crippen LogP contribution in [0.4, 0.5) is 34.1 Å². The fourth-order valence-corrected chi connectivity index (χ4v) is 12.0. The summed E-state index contributed by atoms with van der Waals surface area (Å²) in [5.74, 6) is 0. The molecule has 0 saturated carbocycles. The summed E-state index contributed by atoms with van der Waals surface area (Å²) in [5.41, 5.74) is 18.7. The zero-order valence-corrected chi connectivity index (χ0v) is 42.0. The molecule has 0 aliphatic carbocycles. The molecule has 3 aromatic heterocycles. The Morgan fingerprint density at radius 3 is 1.13 bits per heavy atom. The van der Waals surface area contributed by atoms with E-state index < -0.39 is 0 Å². The van der Waals surface area contributed by atoms with Gasteiger partial charge in [0.2, 0.25) is 0 Å². The molecular weight excluding hydrogens is 935 g/mol. The predicted molar refractivity (Wildman–Crippen MR) is 324 cm³/mol. The van der Waals surface area contributed by atoms with E-state index in [1.807, 2.05) is 0 Å². The molecule has 5 nitrogen and oxygen atoms in total. The minimum absolute atomic E-state index is 1.01. The van der Waals surface area contributed by atoms with E-state index in [1.54, 1.807) is 0 Å². The Hall–Kier alpha value is -10.4. The van der Waals surface area contributed by atoms with E-state index in [1.165, 1.54) is 43.5 Å². The molecule has 77 heavy (non-hydrogen) atoms. The summed E-state index contributed by atoms with van der Waals surface area (Å²) in [4.78, 5) is 4.92. The first-order valence-electron chi connectivity index (χ1n) is 26.3. The Kier molecular flexibility index (Phi) is 10.5. The highest BCUT2D eigenvalue weighted by Gasteiger charge is 2.27. The molecule has 0 aliphatic rings. The maximum absolute atomic E-state index is 2.48. The lowest BCUT2D eigenvalue weighted by atomic mass is 10.0. The van der Waals surface area contributed by atoms with Gasteiger partial charge in [0.1, 0.15) is 0 Å². The number of benzene rings is 12. The first-order chi connectivity index (χ1) is 38.2. The van der Waals surface area contributed by atoms with Crippen LogP contribution in [0.1, 0.15) is 0 Å². The van der Waals surface area contributed by atoms with Gasteiger partial charge in [-0.1, -0.05) is 182 Å². The van der Waals surface area contributed by atoms with Gasteiger partial charge < -0.3 is 23.5 Å². The summed E-state index contributed by atoms with van der Waals surface area (Å²) in [7, 11) is 0. The van der Waals surface area contributed by atoms with Crippen molar-refractivity contribution in [1.29, 1.82) is 0 Å². The second kappa shape index (κ2) is 18.2. The van der Waals surface area contributed by atoms with E-state index in [4.69, 9.17) is 0 Å². The maximum Gasteiger partial charge on any atom is 0.0583 e. The molecule has 0 aliphatic heterocycles. The zero-order chi connectivity index (χ0) is 50.8. The van der Waals surface area contributed by atoms with Crippen molar-refractivity contribution in [3.63, 3.8) is 0 Å². The number of fused-ring (bicyclic) bond motifs is 9. The molecule has 5 heteroatoms. The van der Waals surface area contributed by atoms with Gasteiger partial charge in [-0.2, -0.15) is 0 Å². The number of hydrogen-bond donors (Lipinski definition) is 0. The Balaban J connectivity index is 1.08. The van der Waals surface area contributed by atoms with Crippen LogP contribution in [0, 0.1) is 0 Å². The topological polar surface area (TPSA) is 21.3 Å². The molecule has 12 aromatic carbocycles. The highest BCUT2D eigenvalue weighted by molar-refractivity contribution is 6.19. The predicted octanol–water partition coefficient (Wildman–Crippen LogP) is 19.6. The molecule has 0 unspecified atom stereocenters. The first kappa shape index (κ1) is 44.2. The minimum Gasteiger partial charge on any atom is -0.310 e. The van der Waals surface area contributed by atoms with E-state index >= 15 is 0 Å². The number of anilines is 6. The van der Waals surface area contributed by atoms with Crippen LogP contribution >= 0.6 is 0 Å². The van der Waals surface area contributed by atoms with Crippen molar-refractivity contribution in [1.82, 2.24) is 13.7 Å². The van der Waals surface area contributed by atoms with Gasteiger partial charge in [0.15, 0.2) is 0 Å². The van der Waals surface area contributed by atoms with Crippen LogP contribution in [0.3, 0.4) is 0 Å². The average molecular weight is 984 g/mol. The van der Waals surface area contributed by atoms with Gasteiger partial charge >= 0.3 is 0 Å². The third-order valence-corrected chi connectivity index (χ3v) is 15.3. The average Bonchev–Trinajstić information content (AvgIpc) is 4.30. The summed E-state index contributed by atoms with van der Waals surface area (Å²) < 4.78 is 7.31. The van der Waals surface area contributed by atoms with Crippen LogP contribution in [0.5, 0.6) is 0 Å². The highest BCUT2D eigenvalue weighted by atomic mass is 15.2. The largest absolute Gasteiger partial charge is 0.310 e. The lowest BCUT2D eigenvalue weighted by molar-refractivity contribution is 1.17. The second-order valence-corrected chi connectivity index (χ2v) is 19.7. The third-order valence-electron chi connectivity index (χ3n) is 15.3. The molecule has 362 valence electrons. The molecule has 0 amide bonds. The Morgan fingerprint density at radius 2 is 0.597 bits per heavy atom. The summed E-state index contributed by atoms with van der Waals surface area (Å²) >= 11 is 0. The monoisotopic (exact) mass is 983 g/mol. The van der Waals surface area contributed by atoms with E-state index in [-0.39, 0.29) is 0 Å². The van der Waals surface area contributed by atoms with Crippen LogP contribution in [-0.2, 0) is 0 Å². The fraction of sp³-hybridized carbons (Fsp3) is 0. The minimum atomic E-state index is 1.01. The van der Waals surface area contributed by atoms with Crippen LogP contribution < -0.4 is 9.80 Å². The number of nitrogens with zero attached hydrogens (tertiary/aromatic N) is 5. The smallest absolute Gasteiger partial charge is 0.0583 e.